The molecule has 3 rings (SSSR count). The number of carbonyl (C=O) groups excluding carboxylic acids is 1. The lowest BCUT2D eigenvalue weighted by Gasteiger charge is -2.31. The quantitative estimate of drug-likeness (QED) is 0.771. The van der Waals surface area contributed by atoms with Crippen LogP contribution in [0.25, 0.3) is 0 Å². The third kappa shape index (κ3) is 4.93. The van der Waals surface area contributed by atoms with E-state index in [1.807, 2.05) is 44.2 Å². The summed E-state index contributed by atoms with van der Waals surface area (Å²) < 4.78 is 27.5. The molecule has 162 valence electrons. The normalized spacial score (nSPS) is 16.4. The summed E-state index contributed by atoms with van der Waals surface area (Å²) in [6.07, 6.45) is 1.05. The molecule has 1 aliphatic rings. The Hall–Kier alpha value is -2.18. The van der Waals surface area contributed by atoms with Crippen LogP contribution in [-0.2, 0) is 20.2 Å². The first-order valence-electron chi connectivity index (χ1n) is 10.5. The molecule has 1 N–H and O–H groups in total. The Bertz CT molecular complexity index is 1010. The number of nitrogens with zero attached hydrogens (tertiary/aromatic N) is 1. The van der Waals surface area contributed by atoms with E-state index in [2.05, 4.69) is 26.1 Å². The standard InChI is InChI=1S/C24H32N2O3S/c1-17-6-7-18(2)22(16-17)25-23(27)19-12-14-26(15-13-19)30(28,29)21-10-8-20(9-11-21)24(3,4)5/h6-11,16,19H,12-15H2,1-5H3,(H,25,27). The summed E-state index contributed by atoms with van der Waals surface area (Å²) in [4.78, 5) is 13.0. The minimum atomic E-state index is -3.54. The molecule has 1 amide bonds. The lowest BCUT2D eigenvalue weighted by molar-refractivity contribution is -0.120. The van der Waals surface area contributed by atoms with E-state index >= 15 is 0 Å². The van der Waals surface area contributed by atoms with E-state index in [1.165, 1.54) is 4.31 Å². The van der Waals surface area contributed by atoms with Gasteiger partial charge in [0.1, 0.15) is 0 Å². The second-order valence-electron chi connectivity index (χ2n) is 9.26. The van der Waals surface area contributed by atoms with Gasteiger partial charge < -0.3 is 5.32 Å². The van der Waals surface area contributed by atoms with Crippen LogP contribution in [-0.4, -0.2) is 31.7 Å². The highest BCUT2D eigenvalue weighted by Crippen LogP contribution is 2.28. The molecular formula is C24H32N2O3S. The van der Waals surface area contributed by atoms with Crippen LogP contribution in [0.2, 0.25) is 0 Å². The zero-order valence-corrected chi connectivity index (χ0v) is 19.3. The van der Waals surface area contributed by atoms with E-state index in [1.54, 1.807) is 12.1 Å². The van der Waals surface area contributed by atoms with Crippen LogP contribution in [0.5, 0.6) is 0 Å². The Labute approximate surface area is 180 Å². The molecule has 0 spiro atoms. The molecule has 0 radical (unpaired) electrons. The highest BCUT2D eigenvalue weighted by atomic mass is 32.2. The van der Waals surface area contributed by atoms with Crippen molar-refractivity contribution in [3.63, 3.8) is 0 Å². The predicted molar refractivity (Wildman–Crippen MR) is 121 cm³/mol. The average molecular weight is 429 g/mol. The molecule has 1 aliphatic heterocycles. The van der Waals surface area contributed by atoms with Crippen molar-refractivity contribution in [2.24, 2.45) is 5.92 Å². The SMILES string of the molecule is Cc1ccc(C)c(NC(=O)C2CCN(S(=O)(=O)c3ccc(C(C)(C)C)cc3)CC2)c1. The molecule has 30 heavy (non-hydrogen) atoms. The molecule has 1 fully saturated rings. The first-order chi connectivity index (χ1) is 14.0. The van der Waals surface area contributed by atoms with E-state index in [0.29, 0.717) is 30.8 Å². The Morgan fingerprint density at radius 2 is 1.60 bits per heavy atom. The zero-order chi connectivity index (χ0) is 22.1. The van der Waals surface area contributed by atoms with Gasteiger partial charge in [-0.05, 0) is 67.0 Å². The number of aryl methyl sites for hydroxylation is 2. The number of sulfonamides is 1. The van der Waals surface area contributed by atoms with Gasteiger partial charge in [0.05, 0.1) is 4.90 Å². The van der Waals surface area contributed by atoms with E-state index in [0.717, 1.165) is 22.4 Å². The lowest BCUT2D eigenvalue weighted by Crippen LogP contribution is -2.41. The highest BCUT2D eigenvalue weighted by Gasteiger charge is 2.32. The van der Waals surface area contributed by atoms with Crippen molar-refractivity contribution in [3.8, 4) is 0 Å². The topological polar surface area (TPSA) is 66.5 Å². The second kappa shape index (κ2) is 8.52. The van der Waals surface area contributed by atoms with E-state index < -0.39 is 10.0 Å². The monoisotopic (exact) mass is 428 g/mol. The van der Waals surface area contributed by atoms with Crippen molar-refractivity contribution >= 4 is 21.6 Å². The third-order valence-electron chi connectivity index (χ3n) is 5.83. The minimum Gasteiger partial charge on any atom is -0.326 e. The predicted octanol–water partition coefficient (Wildman–Crippen LogP) is 4.64. The Morgan fingerprint density at radius 1 is 1.00 bits per heavy atom. The van der Waals surface area contributed by atoms with Gasteiger partial charge in [0.2, 0.25) is 15.9 Å². The first kappa shape index (κ1) is 22.5. The summed E-state index contributed by atoms with van der Waals surface area (Å²) in [6, 6.07) is 13.1. The van der Waals surface area contributed by atoms with E-state index in [4.69, 9.17) is 0 Å². The van der Waals surface area contributed by atoms with Crippen LogP contribution in [0.4, 0.5) is 5.69 Å². The maximum absolute atomic E-state index is 13.0. The number of hydrogen-bond donors (Lipinski definition) is 1. The number of nitrogens with one attached hydrogen (secondary N) is 1. The molecule has 1 saturated heterocycles. The summed E-state index contributed by atoms with van der Waals surface area (Å²) in [6.45, 7) is 11.0. The molecule has 5 nitrogen and oxygen atoms in total. The van der Waals surface area contributed by atoms with Crippen LogP contribution in [0.3, 0.4) is 0 Å². The van der Waals surface area contributed by atoms with Crippen LogP contribution in [0.15, 0.2) is 47.4 Å². The number of piperidine rings is 1. The van der Waals surface area contributed by atoms with Gasteiger partial charge in [-0.1, -0.05) is 45.0 Å². The molecule has 0 aromatic heterocycles. The fourth-order valence-corrected chi connectivity index (χ4v) is 5.21. The second-order valence-corrected chi connectivity index (χ2v) is 11.2. The molecule has 2 aromatic carbocycles. The number of benzene rings is 2. The van der Waals surface area contributed by atoms with Crippen molar-refractivity contribution in [2.75, 3.05) is 18.4 Å². The van der Waals surface area contributed by atoms with Gasteiger partial charge in [-0.15, -0.1) is 0 Å². The Balaban J connectivity index is 1.64. The van der Waals surface area contributed by atoms with Crippen molar-refractivity contribution in [3.05, 3.63) is 59.2 Å². The summed E-state index contributed by atoms with van der Waals surface area (Å²) in [7, 11) is -3.54. The van der Waals surface area contributed by atoms with Crippen LogP contribution in [0.1, 0.15) is 50.3 Å². The summed E-state index contributed by atoms with van der Waals surface area (Å²) in [5.74, 6) is -0.213. The van der Waals surface area contributed by atoms with Gasteiger partial charge in [0, 0.05) is 24.7 Å². The lowest BCUT2D eigenvalue weighted by atomic mass is 9.87. The molecule has 0 unspecified atom stereocenters. The van der Waals surface area contributed by atoms with Gasteiger partial charge in [-0.2, -0.15) is 4.31 Å². The van der Waals surface area contributed by atoms with Gasteiger partial charge in [-0.25, -0.2) is 8.42 Å². The van der Waals surface area contributed by atoms with Gasteiger partial charge in [0.25, 0.3) is 0 Å². The van der Waals surface area contributed by atoms with Crippen molar-refractivity contribution in [1.82, 2.24) is 4.31 Å². The fraction of sp³-hybridized carbons (Fsp3) is 0.458. The summed E-state index contributed by atoms with van der Waals surface area (Å²) in [5.41, 5.74) is 4.02. The van der Waals surface area contributed by atoms with Crippen molar-refractivity contribution < 1.29 is 13.2 Å². The maximum Gasteiger partial charge on any atom is 0.243 e. The van der Waals surface area contributed by atoms with Crippen molar-refractivity contribution in [1.29, 1.82) is 0 Å². The molecule has 0 saturated carbocycles. The largest absolute Gasteiger partial charge is 0.326 e. The molecule has 1 heterocycles. The first-order valence-corrected chi connectivity index (χ1v) is 11.9. The van der Waals surface area contributed by atoms with Crippen LogP contribution >= 0.6 is 0 Å². The number of hydrogen-bond acceptors (Lipinski definition) is 3. The zero-order valence-electron chi connectivity index (χ0n) is 18.5. The number of amides is 1. The Morgan fingerprint density at radius 3 is 2.17 bits per heavy atom. The highest BCUT2D eigenvalue weighted by molar-refractivity contribution is 7.89. The van der Waals surface area contributed by atoms with E-state index in [-0.39, 0.29) is 17.2 Å². The van der Waals surface area contributed by atoms with Crippen molar-refractivity contribution in [2.45, 2.75) is 57.8 Å². The van der Waals surface area contributed by atoms with Gasteiger partial charge in [-0.3, -0.25) is 4.79 Å². The molecule has 2 aromatic rings. The third-order valence-corrected chi connectivity index (χ3v) is 7.75. The van der Waals surface area contributed by atoms with Gasteiger partial charge >= 0.3 is 0 Å². The molecule has 0 atom stereocenters. The van der Waals surface area contributed by atoms with Gasteiger partial charge in [0.15, 0.2) is 0 Å². The molecular weight excluding hydrogens is 396 g/mol. The van der Waals surface area contributed by atoms with Crippen LogP contribution < -0.4 is 5.32 Å². The summed E-state index contributed by atoms with van der Waals surface area (Å²) >= 11 is 0. The number of carbonyl (C=O) groups is 1. The minimum absolute atomic E-state index is 0.0242. The molecule has 6 heteroatoms. The smallest absolute Gasteiger partial charge is 0.243 e. The average Bonchev–Trinajstić information content (AvgIpc) is 2.70. The number of anilines is 1. The molecule has 0 aliphatic carbocycles. The maximum atomic E-state index is 13.0. The van der Waals surface area contributed by atoms with Crippen LogP contribution in [0, 0.1) is 19.8 Å². The fourth-order valence-electron chi connectivity index (χ4n) is 3.74. The van der Waals surface area contributed by atoms with E-state index in [9.17, 15) is 13.2 Å². The summed E-state index contributed by atoms with van der Waals surface area (Å²) in [5, 5.41) is 3.02. The Kier molecular flexibility index (Phi) is 6.39. The molecule has 0 bridgehead atoms. The number of rotatable bonds is 4.